The lowest BCUT2D eigenvalue weighted by atomic mass is 10.2. The third-order valence-corrected chi connectivity index (χ3v) is 3.27. The van der Waals surface area contributed by atoms with Gasteiger partial charge in [-0.2, -0.15) is 0 Å². The third-order valence-electron chi connectivity index (χ3n) is 3.02. The van der Waals surface area contributed by atoms with Crippen molar-refractivity contribution in [1.82, 2.24) is 5.32 Å². The minimum absolute atomic E-state index is 0.248. The molecule has 4 nitrogen and oxygen atoms in total. The maximum absolute atomic E-state index is 12.2. The van der Waals surface area contributed by atoms with Crippen LogP contribution in [0.5, 0.6) is 11.5 Å². The molecule has 2 rings (SSSR count). The van der Waals surface area contributed by atoms with E-state index in [0.717, 1.165) is 0 Å². The normalized spacial score (nSPS) is 10.9. The van der Waals surface area contributed by atoms with Crippen molar-refractivity contribution in [3.05, 3.63) is 54.1 Å². The molecule has 0 heterocycles. The molecule has 0 fully saturated rings. The number of hydrogen-bond donors (Lipinski definition) is 2. The standard InChI is InChI=1S/C17H17F3N2O2S/c1-2-23-15-9-4-3-8-14(15)22-16(25)21-11-12-6-5-7-13(10-12)24-17(18,19)20/h3-10H,2,11H2,1H3,(H2,21,22,25). The van der Waals surface area contributed by atoms with Crippen LogP contribution in [-0.2, 0) is 6.54 Å². The molecule has 2 aromatic rings. The average Bonchev–Trinajstić information content (AvgIpc) is 2.54. The Morgan fingerprint density at radius 3 is 2.60 bits per heavy atom. The number of ether oxygens (including phenoxy) is 2. The second-order valence-electron chi connectivity index (χ2n) is 4.93. The molecule has 0 bridgehead atoms. The van der Waals surface area contributed by atoms with E-state index in [-0.39, 0.29) is 12.3 Å². The third kappa shape index (κ3) is 6.50. The highest BCUT2D eigenvalue weighted by molar-refractivity contribution is 7.80. The van der Waals surface area contributed by atoms with Crippen LogP contribution in [0.25, 0.3) is 0 Å². The van der Waals surface area contributed by atoms with E-state index >= 15 is 0 Å². The molecule has 0 aliphatic heterocycles. The molecule has 25 heavy (non-hydrogen) atoms. The number of alkyl halides is 3. The fourth-order valence-corrected chi connectivity index (χ4v) is 2.23. The Balaban J connectivity index is 1.93. The van der Waals surface area contributed by atoms with Crippen LogP contribution in [0, 0.1) is 0 Å². The Morgan fingerprint density at radius 1 is 1.12 bits per heavy atom. The lowest BCUT2D eigenvalue weighted by Crippen LogP contribution is -2.28. The van der Waals surface area contributed by atoms with Gasteiger partial charge in [-0.1, -0.05) is 24.3 Å². The molecular formula is C17H17F3N2O2S. The molecular weight excluding hydrogens is 353 g/mol. The van der Waals surface area contributed by atoms with Gasteiger partial charge in [0.1, 0.15) is 11.5 Å². The summed E-state index contributed by atoms with van der Waals surface area (Å²) in [5.74, 6) is 0.391. The molecule has 0 radical (unpaired) electrons. The Labute approximate surface area is 148 Å². The largest absolute Gasteiger partial charge is 0.573 e. The first-order valence-electron chi connectivity index (χ1n) is 7.49. The Morgan fingerprint density at radius 2 is 1.88 bits per heavy atom. The number of para-hydroxylation sites is 2. The minimum Gasteiger partial charge on any atom is -0.492 e. The van der Waals surface area contributed by atoms with Crippen LogP contribution in [0.1, 0.15) is 12.5 Å². The zero-order chi connectivity index (χ0) is 18.3. The van der Waals surface area contributed by atoms with E-state index in [1.807, 2.05) is 31.2 Å². The number of halogens is 3. The van der Waals surface area contributed by atoms with E-state index in [4.69, 9.17) is 17.0 Å². The summed E-state index contributed by atoms with van der Waals surface area (Å²) >= 11 is 5.21. The maximum Gasteiger partial charge on any atom is 0.573 e. The van der Waals surface area contributed by atoms with E-state index in [0.29, 0.717) is 28.7 Å². The number of rotatable bonds is 6. The first-order valence-corrected chi connectivity index (χ1v) is 7.89. The van der Waals surface area contributed by atoms with Gasteiger partial charge in [-0.15, -0.1) is 13.2 Å². The van der Waals surface area contributed by atoms with Crippen LogP contribution < -0.4 is 20.1 Å². The van der Waals surface area contributed by atoms with Crippen LogP contribution in [0.3, 0.4) is 0 Å². The lowest BCUT2D eigenvalue weighted by Gasteiger charge is -2.14. The van der Waals surface area contributed by atoms with E-state index in [1.54, 1.807) is 6.07 Å². The first kappa shape index (κ1) is 18.9. The Hall–Kier alpha value is -2.48. The van der Waals surface area contributed by atoms with Gasteiger partial charge < -0.3 is 20.1 Å². The highest BCUT2D eigenvalue weighted by atomic mass is 32.1. The van der Waals surface area contributed by atoms with Crippen LogP contribution in [0.4, 0.5) is 18.9 Å². The van der Waals surface area contributed by atoms with E-state index < -0.39 is 6.36 Å². The monoisotopic (exact) mass is 370 g/mol. The molecule has 0 saturated carbocycles. The number of nitrogens with one attached hydrogen (secondary N) is 2. The molecule has 0 saturated heterocycles. The summed E-state index contributed by atoms with van der Waals surface area (Å²) in [5.41, 5.74) is 1.31. The maximum atomic E-state index is 12.2. The molecule has 2 N–H and O–H groups in total. The highest BCUT2D eigenvalue weighted by Crippen LogP contribution is 2.24. The van der Waals surface area contributed by atoms with Crippen LogP contribution in [-0.4, -0.2) is 18.1 Å². The molecule has 0 amide bonds. The molecule has 8 heteroatoms. The summed E-state index contributed by atoms with van der Waals surface area (Å²) in [6.45, 7) is 2.64. The van der Waals surface area contributed by atoms with Crippen LogP contribution >= 0.6 is 12.2 Å². The number of anilines is 1. The van der Waals surface area contributed by atoms with E-state index in [2.05, 4.69) is 15.4 Å². The summed E-state index contributed by atoms with van der Waals surface area (Å²) in [5, 5.41) is 6.27. The number of benzene rings is 2. The molecule has 0 unspecified atom stereocenters. The lowest BCUT2D eigenvalue weighted by molar-refractivity contribution is -0.274. The van der Waals surface area contributed by atoms with Gasteiger partial charge in [-0.05, 0) is 49.0 Å². The fraction of sp³-hybridized carbons (Fsp3) is 0.235. The van der Waals surface area contributed by atoms with Gasteiger partial charge in [-0.3, -0.25) is 0 Å². The van der Waals surface area contributed by atoms with Gasteiger partial charge in [0.2, 0.25) is 0 Å². The van der Waals surface area contributed by atoms with Crippen molar-refractivity contribution in [2.75, 3.05) is 11.9 Å². The molecule has 0 spiro atoms. The van der Waals surface area contributed by atoms with E-state index in [1.165, 1.54) is 18.2 Å². The zero-order valence-corrected chi connectivity index (χ0v) is 14.2. The van der Waals surface area contributed by atoms with Crippen molar-refractivity contribution < 1.29 is 22.6 Å². The summed E-state index contributed by atoms with van der Waals surface area (Å²) in [6, 6.07) is 13.0. The second-order valence-corrected chi connectivity index (χ2v) is 5.34. The molecule has 0 aromatic heterocycles. The van der Waals surface area contributed by atoms with Gasteiger partial charge in [0.15, 0.2) is 5.11 Å². The van der Waals surface area contributed by atoms with Gasteiger partial charge in [0, 0.05) is 6.54 Å². The van der Waals surface area contributed by atoms with Crippen molar-refractivity contribution in [2.45, 2.75) is 19.8 Å². The number of thiocarbonyl (C=S) groups is 1. The Kier molecular flexibility index (Phi) is 6.46. The average molecular weight is 370 g/mol. The fourth-order valence-electron chi connectivity index (χ4n) is 2.05. The summed E-state index contributed by atoms with van der Waals surface area (Å²) < 4.78 is 46.1. The SMILES string of the molecule is CCOc1ccccc1NC(=S)NCc1cccc(OC(F)(F)F)c1. The summed E-state index contributed by atoms with van der Waals surface area (Å²) in [7, 11) is 0. The van der Waals surface area contributed by atoms with Gasteiger partial charge in [0.25, 0.3) is 0 Å². The molecule has 0 aliphatic carbocycles. The van der Waals surface area contributed by atoms with Gasteiger partial charge in [-0.25, -0.2) is 0 Å². The zero-order valence-electron chi connectivity index (χ0n) is 13.4. The van der Waals surface area contributed by atoms with Crippen LogP contribution in [0.15, 0.2) is 48.5 Å². The van der Waals surface area contributed by atoms with Crippen molar-refractivity contribution in [3.63, 3.8) is 0 Å². The number of hydrogen-bond acceptors (Lipinski definition) is 3. The predicted molar refractivity (Wildman–Crippen MR) is 93.8 cm³/mol. The summed E-state index contributed by atoms with van der Waals surface area (Å²) in [6.07, 6.45) is -4.72. The first-order chi connectivity index (χ1) is 11.9. The van der Waals surface area contributed by atoms with Crippen LogP contribution in [0.2, 0.25) is 0 Å². The van der Waals surface area contributed by atoms with Gasteiger partial charge in [0.05, 0.1) is 12.3 Å². The topological polar surface area (TPSA) is 42.5 Å². The van der Waals surface area contributed by atoms with E-state index in [9.17, 15) is 13.2 Å². The van der Waals surface area contributed by atoms with Crippen molar-refractivity contribution >= 4 is 23.0 Å². The summed E-state index contributed by atoms with van der Waals surface area (Å²) in [4.78, 5) is 0. The quantitative estimate of drug-likeness (QED) is 0.735. The molecule has 134 valence electrons. The molecule has 0 aliphatic rings. The minimum atomic E-state index is -4.72. The molecule has 2 aromatic carbocycles. The highest BCUT2D eigenvalue weighted by Gasteiger charge is 2.31. The predicted octanol–water partition coefficient (Wildman–Crippen LogP) is 4.47. The Bertz CT molecular complexity index is 723. The van der Waals surface area contributed by atoms with Crippen molar-refractivity contribution in [3.8, 4) is 11.5 Å². The van der Waals surface area contributed by atoms with Crippen molar-refractivity contribution in [1.29, 1.82) is 0 Å². The smallest absolute Gasteiger partial charge is 0.492 e. The molecule has 0 atom stereocenters. The second kappa shape index (κ2) is 8.57. The van der Waals surface area contributed by atoms with Gasteiger partial charge >= 0.3 is 6.36 Å². The van der Waals surface area contributed by atoms with Crippen molar-refractivity contribution in [2.24, 2.45) is 0 Å².